The van der Waals surface area contributed by atoms with Crippen molar-refractivity contribution in [2.45, 2.75) is 13.1 Å². The summed E-state index contributed by atoms with van der Waals surface area (Å²) in [6.07, 6.45) is 1.79. The fourth-order valence-corrected chi connectivity index (χ4v) is 3.02. The van der Waals surface area contributed by atoms with Crippen molar-refractivity contribution in [1.82, 2.24) is 25.3 Å². The molecule has 0 radical (unpaired) electrons. The minimum absolute atomic E-state index is 0.668. The van der Waals surface area contributed by atoms with Crippen molar-refractivity contribution in [3.63, 3.8) is 0 Å². The minimum Gasteiger partial charge on any atom is -0.492 e. The van der Waals surface area contributed by atoms with Crippen molar-refractivity contribution >= 4 is 5.96 Å². The predicted octanol–water partition coefficient (Wildman–Crippen LogP) is 0.996. The molecule has 0 spiro atoms. The normalized spacial score (nSPS) is 15.4. The van der Waals surface area contributed by atoms with Crippen LogP contribution < -0.4 is 15.4 Å². The van der Waals surface area contributed by atoms with Crippen LogP contribution in [-0.4, -0.2) is 67.1 Å². The number of hydrogen-bond acceptors (Lipinski definition) is 5. The molecular formula is C20H30N6O2. The third-order valence-corrected chi connectivity index (χ3v) is 4.72. The number of nitrogens with one attached hydrogen (secondary N) is 2. The van der Waals surface area contributed by atoms with Gasteiger partial charge >= 0.3 is 0 Å². The Kier molecular flexibility index (Phi) is 7.69. The second-order valence-electron chi connectivity index (χ2n) is 6.68. The molecular weight excluding hydrogens is 356 g/mol. The van der Waals surface area contributed by atoms with Gasteiger partial charge in [0.05, 0.1) is 25.5 Å². The van der Waals surface area contributed by atoms with Gasteiger partial charge in [-0.1, -0.05) is 12.1 Å². The standard InChI is InChI=1S/C20H30N6O2/c1-21-20(23-16-18-6-7-24-25(18)2)22-15-17-4-3-5-19(14-17)28-13-10-26-8-11-27-12-9-26/h3-7,14H,8-13,15-16H2,1-2H3,(H2,21,22,23). The second-order valence-corrected chi connectivity index (χ2v) is 6.68. The summed E-state index contributed by atoms with van der Waals surface area (Å²) in [6, 6.07) is 10.2. The number of rotatable bonds is 8. The second kappa shape index (κ2) is 10.7. The summed E-state index contributed by atoms with van der Waals surface area (Å²) in [4.78, 5) is 6.64. The summed E-state index contributed by atoms with van der Waals surface area (Å²) in [5.41, 5.74) is 2.24. The van der Waals surface area contributed by atoms with Crippen molar-refractivity contribution < 1.29 is 9.47 Å². The minimum atomic E-state index is 0.668. The number of aryl methyl sites for hydroxylation is 1. The molecule has 8 heteroatoms. The van der Waals surface area contributed by atoms with E-state index in [1.807, 2.05) is 29.9 Å². The Morgan fingerprint density at radius 2 is 2.04 bits per heavy atom. The van der Waals surface area contributed by atoms with Gasteiger partial charge in [-0.3, -0.25) is 14.6 Å². The van der Waals surface area contributed by atoms with E-state index >= 15 is 0 Å². The monoisotopic (exact) mass is 386 g/mol. The maximum Gasteiger partial charge on any atom is 0.191 e. The Balaban J connectivity index is 1.42. The quantitative estimate of drug-likeness (QED) is 0.521. The van der Waals surface area contributed by atoms with E-state index in [0.717, 1.165) is 55.8 Å². The molecule has 2 heterocycles. The van der Waals surface area contributed by atoms with E-state index in [4.69, 9.17) is 9.47 Å². The fraction of sp³-hybridized carbons (Fsp3) is 0.500. The van der Waals surface area contributed by atoms with Crippen molar-refractivity contribution in [3.05, 3.63) is 47.8 Å². The molecule has 1 aliphatic heterocycles. The third kappa shape index (κ3) is 6.24. The zero-order chi connectivity index (χ0) is 19.6. The highest BCUT2D eigenvalue weighted by molar-refractivity contribution is 5.79. The highest BCUT2D eigenvalue weighted by atomic mass is 16.5. The molecule has 1 aromatic carbocycles. The first-order chi connectivity index (χ1) is 13.7. The van der Waals surface area contributed by atoms with Gasteiger partial charge in [0, 0.05) is 46.5 Å². The van der Waals surface area contributed by atoms with Gasteiger partial charge in [-0.2, -0.15) is 5.10 Å². The molecule has 3 rings (SSSR count). The van der Waals surface area contributed by atoms with Crippen LogP contribution in [-0.2, 0) is 24.9 Å². The van der Waals surface area contributed by atoms with Gasteiger partial charge in [0.2, 0.25) is 0 Å². The number of nitrogens with zero attached hydrogens (tertiary/aromatic N) is 4. The fourth-order valence-electron chi connectivity index (χ4n) is 3.02. The lowest BCUT2D eigenvalue weighted by Gasteiger charge is -2.26. The number of ether oxygens (including phenoxy) is 2. The molecule has 2 aromatic rings. The van der Waals surface area contributed by atoms with Crippen LogP contribution in [0.15, 0.2) is 41.5 Å². The van der Waals surface area contributed by atoms with Crippen LogP contribution in [0.3, 0.4) is 0 Å². The first kappa shape index (κ1) is 20.2. The molecule has 1 aromatic heterocycles. The zero-order valence-corrected chi connectivity index (χ0v) is 16.7. The Hall–Kier alpha value is -2.58. The molecule has 1 saturated heterocycles. The van der Waals surface area contributed by atoms with Crippen molar-refractivity contribution in [3.8, 4) is 5.75 Å². The lowest BCUT2D eigenvalue weighted by atomic mass is 10.2. The highest BCUT2D eigenvalue weighted by Gasteiger charge is 2.09. The van der Waals surface area contributed by atoms with Gasteiger partial charge in [-0.15, -0.1) is 0 Å². The molecule has 0 unspecified atom stereocenters. The molecule has 1 fully saturated rings. The molecule has 8 nitrogen and oxygen atoms in total. The van der Waals surface area contributed by atoms with Crippen LogP contribution in [0, 0.1) is 0 Å². The number of hydrogen-bond donors (Lipinski definition) is 2. The van der Waals surface area contributed by atoms with E-state index < -0.39 is 0 Å². The summed E-state index contributed by atoms with van der Waals surface area (Å²) in [5, 5.41) is 10.8. The van der Waals surface area contributed by atoms with Gasteiger partial charge < -0.3 is 20.1 Å². The zero-order valence-electron chi connectivity index (χ0n) is 16.7. The van der Waals surface area contributed by atoms with Gasteiger partial charge in [-0.05, 0) is 23.8 Å². The lowest BCUT2D eigenvalue weighted by Crippen LogP contribution is -2.38. The van der Waals surface area contributed by atoms with E-state index in [1.165, 1.54) is 0 Å². The van der Waals surface area contributed by atoms with E-state index in [9.17, 15) is 0 Å². The molecule has 2 N–H and O–H groups in total. The topological polar surface area (TPSA) is 75.9 Å². The van der Waals surface area contributed by atoms with Crippen molar-refractivity contribution in [1.29, 1.82) is 0 Å². The largest absolute Gasteiger partial charge is 0.492 e. The van der Waals surface area contributed by atoms with Crippen LogP contribution in [0.25, 0.3) is 0 Å². The van der Waals surface area contributed by atoms with E-state index in [-0.39, 0.29) is 0 Å². The van der Waals surface area contributed by atoms with E-state index in [2.05, 4.69) is 37.8 Å². The molecule has 152 valence electrons. The van der Waals surface area contributed by atoms with Crippen molar-refractivity contribution in [2.24, 2.45) is 12.0 Å². The summed E-state index contributed by atoms with van der Waals surface area (Å²) in [5.74, 6) is 1.64. The molecule has 0 amide bonds. The van der Waals surface area contributed by atoms with Crippen LogP contribution in [0.1, 0.15) is 11.3 Å². The number of morpholine rings is 1. The summed E-state index contributed by atoms with van der Waals surface area (Å²) in [6.45, 7) is 6.55. The maximum atomic E-state index is 5.93. The van der Waals surface area contributed by atoms with E-state index in [1.54, 1.807) is 13.2 Å². The number of aromatic nitrogens is 2. The molecule has 0 bridgehead atoms. The van der Waals surface area contributed by atoms with Crippen molar-refractivity contribution in [2.75, 3.05) is 46.5 Å². The molecule has 0 aliphatic carbocycles. The average Bonchev–Trinajstić information content (AvgIpc) is 3.14. The van der Waals surface area contributed by atoms with Crippen LogP contribution in [0.2, 0.25) is 0 Å². The molecule has 28 heavy (non-hydrogen) atoms. The van der Waals surface area contributed by atoms with Crippen LogP contribution in [0.4, 0.5) is 0 Å². The van der Waals surface area contributed by atoms with E-state index in [0.29, 0.717) is 19.7 Å². The van der Waals surface area contributed by atoms with Crippen LogP contribution >= 0.6 is 0 Å². The lowest BCUT2D eigenvalue weighted by molar-refractivity contribution is 0.0322. The Morgan fingerprint density at radius 3 is 2.79 bits per heavy atom. The van der Waals surface area contributed by atoms with Gasteiger partial charge in [-0.25, -0.2) is 0 Å². The smallest absolute Gasteiger partial charge is 0.191 e. The molecule has 0 saturated carbocycles. The SMILES string of the molecule is CN=C(NCc1cccc(OCCN2CCOCC2)c1)NCc1ccnn1C. The van der Waals surface area contributed by atoms with Gasteiger partial charge in [0.1, 0.15) is 12.4 Å². The average molecular weight is 387 g/mol. The predicted molar refractivity (Wildman–Crippen MR) is 109 cm³/mol. The first-order valence-electron chi connectivity index (χ1n) is 9.68. The number of benzene rings is 1. The van der Waals surface area contributed by atoms with Gasteiger partial charge in [0.15, 0.2) is 5.96 Å². The Morgan fingerprint density at radius 1 is 1.21 bits per heavy atom. The molecule has 1 aliphatic rings. The number of aliphatic imine (C=N–C) groups is 1. The third-order valence-electron chi connectivity index (χ3n) is 4.72. The number of guanidine groups is 1. The highest BCUT2D eigenvalue weighted by Crippen LogP contribution is 2.13. The summed E-state index contributed by atoms with van der Waals surface area (Å²) in [7, 11) is 3.70. The summed E-state index contributed by atoms with van der Waals surface area (Å²) >= 11 is 0. The Labute approximate surface area is 166 Å². The summed E-state index contributed by atoms with van der Waals surface area (Å²) < 4.78 is 13.1. The van der Waals surface area contributed by atoms with Gasteiger partial charge in [0.25, 0.3) is 0 Å². The first-order valence-corrected chi connectivity index (χ1v) is 9.68. The molecule has 0 atom stereocenters. The van der Waals surface area contributed by atoms with Crippen LogP contribution in [0.5, 0.6) is 5.75 Å². The Bertz CT molecular complexity index is 755. The maximum absolute atomic E-state index is 5.93.